The Labute approximate surface area is 462 Å². The number of hydrogen-bond donors (Lipinski definition) is 0. The molecule has 0 N–H and O–H groups in total. The van der Waals surface area contributed by atoms with E-state index in [4.69, 9.17) is 14.2 Å². The van der Waals surface area contributed by atoms with Gasteiger partial charge in [0.05, 0.1) is 0 Å². The van der Waals surface area contributed by atoms with Gasteiger partial charge in [-0.2, -0.15) is 0 Å². The predicted octanol–water partition coefficient (Wildman–Crippen LogP) is 22.6. The van der Waals surface area contributed by atoms with Gasteiger partial charge in [-0.25, -0.2) is 0 Å². The molecular weight excluding hydrogens is 913 g/mol. The maximum atomic E-state index is 12.9. The second kappa shape index (κ2) is 63.4. The average molecular weight is 1040 g/mol. The van der Waals surface area contributed by atoms with E-state index < -0.39 is 6.10 Å². The van der Waals surface area contributed by atoms with Gasteiger partial charge in [0.1, 0.15) is 13.2 Å². The van der Waals surface area contributed by atoms with E-state index in [0.717, 1.165) is 57.8 Å². The van der Waals surface area contributed by atoms with E-state index in [-0.39, 0.29) is 31.1 Å². The van der Waals surface area contributed by atoms with Crippen molar-refractivity contribution in [3.8, 4) is 0 Å². The molecular formula is C68H128O6. The summed E-state index contributed by atoms with van der Waals surface area (Å²) in [7, 11) is 0. The molecule has 0 aromatic carbocycles. The lowest BCUT2D eigenvalue weighted by molar-refractivity contribution is -0.167. The van der Waals surface area contributed by atoms with Crippen LogP contribution in [0.4, 0.5) is 0 Å². The van der Waals surface area contributed by atoms with Crippen molar-refractivity contribution in [1.29, 1.82) is 0 Å². The van der Waals surface area contributed by atoms with Crippen LogP contribution in [-0.2, 0) is 28.6 Å². The first kappa shape index (κ1) is 71.9. The average Bonchev–Trinajstić information content (AvgIpc) is 3.40. The highest BCUT2D eigenvalue weighted by molar-refractivity contribution is 5.71. The second-order valence-electron chi connectivity index (χ2n) is 22.7. The summed E-state index contributed by atoms with van der Waals surface area (Å²) in [6.45, 7) is 6.69. The summed E-state index contributed by atoms with van der Waals surface area (Å²) in [4.78, 5) is 38.3. The van der Waals surface area contributed by atoms with Gasteiger partial charge in [0.15, 0.2) is 6.10 Å². The van der Waals surface area contributed by atoms with Gasteiger partial charge >= 0.3 is 17.9 Å². The molecule has 0 bridgehead atoms. The topological polar surface area (TPSA) is 78.9 Å². The molecule has 74 heavy (non-hydrogen) atoms. The van der Waals surface area contributed by atoms with Crippen molar-refractivity contribution in [1.82, 2.24) is 0 Å². The third-order valence-corrected chi connectivity index (χ3v) is 15.2. The fourth-order valence-corrected chi connectivity index (χ4v) is 10.1. The number of rotatable bonds is 62. The van der Waals surface area contributed by atoms with Gasteiger partial charge in [0.25, 0.3) is 0 Å². The molecule has 6 heteroatoms. The third-order valence-electron chi connectivity index (χ3n) is 15.2. The Morgan fingerprint density at radius 1 is 0.257 bits per heavy atom. The summed E-state index contributed by atoms with van der Waals surface area (Å²) in [5.74, 6) is -0.845. The normalized spacial score (nSPS) is 12.1. The van der Waals surface area contributed by atoms with E-state index in [0.29, 0.717) is 19.3 Å². The minimum Gasteiger partial charge on any atom is -0.462 e. The third kappa shape index (κ3) is 60.8. The Balaban J connectivity index is 4.18. The van der Waals surface area contributed by atoms with Crippen LogP contribution in [0.2, 0.25) is 0 Å². The van der Waals surface area contributed by atoms with Crippen LogP contribution in [0.25, 0.3) is 0 Å². The molecule has 0 aliphatic rings. The molecule has 1 unspecified atom stereocenters. The van der Waals surface area contributed by atoms with Crippen LogP contribution in [0.3, 0.4) is 0 Å². The van der Waals surface area contributed by atoms with Crippen molar-refractivity contribution in [3.63, 3.8) is 0 Å². The lowest BCUT2D eigenvalue weighted by Gasteiger charge is -2.18. The van der Waals surface area contributed by atoms with Crippen molar-refractivity contribution in [2.75, 3.05) is 13.2 Å². The molecule has 0 spiro atoms. The van der Waals surface area contributed by atoms with Crippen molar-refractivity contribution >= 4 is 17.9 Å². The summed E-state index contributed by atoms with van der Waals surface area (Å²) >= 11 is 0. The van der Waals surface area contributed by atoms with Gasteiger partial charge < -0.3 is 14.2 Å². The molecule has 0 aliphatic heterocycles. The predicted molar refractivity (Wildman–Crippen MR) is 321 cm³/mol. The van der Waals surface area contributed by atoms with E-state index in [1.807, 2.05) is 0 Å². The van der Waals surface area contributed by atoms with Gasteiger partial charge in [0, 0.05) is 19.3 Å². The van der Waals surface area contributed by atoms with Crippen molar-refractivity contribution in [2.45, 2.75) is 380 Å². The van der Waals surface area contributed by atoms with E-state index >= 15 is 0 Å². The molecule has 6 nitrogen and oxygen atoms in total. The SMILES string of the molecule is CCCCCCCC/C=C\CCCCCCCCCC(=O)OC(COC(=O)CCCCCCCCCCCCCC)COC(=O)CCCCCCCCCCCCCCCCC/C=C\CCCCCCCCCC. The zero-order valence-corrected chi connectivity index (χ0v) is 50.1. The molecule has 0 aromatic rings. The van der Waals surface area contributed by atoms with Crippen LogP contribution in [0.5, 0.6) is 0 Å². The van der Waals surface area contributed by atoms with Crippen LogP contribution in [0.1, 0.15) is 374 Å². The first-order valence-electron chi connectivity index (χ1n) is 33.3. The van der Waals surface area contributed by atoms with Gasteiger partial charge in [-0.05, 0) is 70.6 Å². The van der Waals surface area contributed by atoms with Crippen molar-refractivity contribution < 1.29 is 28.6 Å². The first-order chi connectivity index (χ1) is 36.5. The minimum absolute atomic E-state index is 0.0674. The standard InChI is InChI=1S/C68H128O6/c1-4-7-10-13-16-19-22-25-27-29-30-31-32-33-34-35-36-37-38-40-41-43-46-49-52-55-58-61-67(70)73-64-65(63-72-66(69)60-57-54-51-48-45-24-21-18-15-12-9-6-3)74-68(71)62-59-56-53-50-47-44-42-39-28-26-23-20-17-14-11-8-5-2/h26,28-30,65H,4-25,27,31-64H2,1-3H3/b28-26-,30-29-. The zero-order valence-electron chi connectivity index (χ0n) is 50.1. The van der Waals surface area contributed by atoms with Gasteiger partial charge in [0.2, 0.25) is 0 Å². The minimum atomic E-state index is -0.770. The van der Waals surface area contributed by atoms with E-state index in [2.05, 4.69) is 45.1 Å². The monoisotopic (exact) mass is 1040 g/mol. The highest BCUT2D eigenvalue weighted by atomic mass is 16.6. The maximum absolute atomic E-state index is 12.9. The molecule has 0 heterocycles. The largest absolute Gasteiger partial charge is 0.462 e. The van der Waals surface area contributed by atoms with Gasteiger partial charge in [-0.15, -0.1) is 0 Å². The molecule has 0 saturated carbocycles. The summed E-state index contributed by atoms with van der Waals surface area (Å²) in [6, 6.07) is 0. The van der Waals surface area contributed by atoms with E-state index in [1.165, 1.54) is 276 Å². The number of carbonyl (C=O) groups excluding carboxylic acids is 3. The quantitative estimate of drug-likeness (QED) is 0.0261. The van der Waals surface area contributed by atoms with Crippen LogP contribution in [-0.4, -0.2) is 37.2 Å². The van der Waals surface area contributed by atoms with E-state index in [1.54, 1.807) is 0 Å². The summed E-state index contributed by atoms with van der Waals surface area (Å²) in [5, 5.41) is 0. The number of allylic oxidation sites excluding steroid dienone is 4. The van der Waals surface area contributed by atoms with Crippen molar-refractivity contribution in [2.24, 2.45) is 0 Å². The first-order valence-corrected chi connectivity index (χ1v) is 33.3. The highest BCUT2D eigenvalue weighted by Gasteiger charge is 2.19. The fraction of sp³-hybridized carbons (Fsp3) is 0.897. The molecule has 0 aromatic heterocycles. The van der Waals surface area contributed by atoms with Crippen LogP contribution in [0, 0.1) is 0 Å². The highest BCUT2D eigenvalue weighted by Crippen LogP contribution is 2.18. The smallest absolute Gasteiger partial charge is 0.306 e. The molecule has 0 rings (SSSR count). The Kier molecular flexibility index (Phi) is 61.6. The number of unbranched alkanes of at least 4 members (excludes halogenated alkanes) is 47. The molecule has 1 atom stereocenters. The Hall–Kier alpha value is -2.11. The maximum Gasteiger partial charge on any atom is 0.306 e. The van der Waals surface area contributed by atoms with Crippen LogP contribution >= 0.6 is 0 Å². The molecule has 0 amide bonds. The Bertz CT molecular complexity index is 1190. The van der Waals surface area contributed by atoms with Gasteiger partial charge in [-0.3, -0.25) is 14.4 Å². The summed E-state index contributed by atoms with van der Waals surface area (Å²) in [6.07, 6.45) is 76.3. The number of ether oxygens (including phenoxy) is 3. The van der Waals surface area contributed by atoms with Gasteiger partial charge in [-0.1, -0.05) is 308 Å². The summed E-state index contributed by atoms with van der Waals surface area (Å²) in [5.41, 5.74) is 0. The van der Waals surface area contributed by atoms with Crippen LogP contribution in [0.15, 0.2) is 24.3 Å². The number of esters is 3. The summed E-state index contributed by atoms with van der Waals surface area (Å²) < 4.78 is 16.9. The zero-order chi connectivity index (χ0) is 53.6. The fourth-order valence-electron chi connectivity index (χ4n) is 10.1. The van der Waals surface area contributed by atoms with E-state index in [9.17, 15) is 14.4 Å². The molecule has 0 radical (unpaired) electrons. The molecule has 0 saturated heterocycles. The molecule has 436 valence electrons. The Morgan fingerprint density at radius 2 is 0.446 bits per heavy atom. The number of hydrogen-bond acceptors (Lipinski definition) is 6. The molecule has 0 aliphatic carbocycles. The molecule has 0 fully saturated rings. The van der Waals surface area contributed by atoms with Crippen molar-refractivity contribution in [3.05, 3.63) is 24.3 Å². The lowest BCUT2D eigenvalue weighted by atomic mass is 10.0. The lowest BCUT2D eigenvalue weighted by Crippen LogP contribution is -2.30. The second-order valence-corrected chi connectivity index (χ2v) is 22.7. The van der Waals surface area contributed by atoms with Crippen LogP contribution < -0.4 is 0 Å². The Morgan fingerprint density at radius 3 is 0.676 bits per heavy atom. The number of carbonyl (C=O) groups is 3.